The predicted octanol–water partition coefficient (Wildman–Crippen LogP) is -17.5. The van der Waals surface area contributed by atoms with Crippen LogP contribution in [0.5, 0.6) is 0 Å². The van der Waals surface area contributed by atoms with E-state index in [1.165, 1.54) is 15.9 Å². The second kappa shape index (κ2) is 23.1. The minimum Gasteiger partial charge on any atom is -1.00 e. The molecule has 9 heteroatoms. The Morgan fingerprint density at radius 3 is 0.704 bits per heavy atom. The molecular formula is C18H15Cl7PRe-7. The Hall–Kier alpha value is 0.782. The summed E-state index contributed by atoms with van der Waals surface area (Å²) >= 11 is 0. The van der Waals surface area contributed by atoms with Crippen molar-refractivity contribution in [2.75, 3.05) is 0 Å². The molecule has 1 radical (unpaired) electrons. The van der Waals surface area contributed by atoms with Crippen molar-refractivity contribution in [2.45, 2.75) is 0 Å². The van der Waals surface area contributed by atoms with E-state index in [-0.39, 0.29) is 107 Å². The van der Waals surface area contributed by atoms with Crippen molar-refractivity contribution >= 4 is 23.8 Å². The molecule has 0 bridgehead atoms. The molecule has 0 nitrogen and oxygen atoms in total. The fourth-order valence-corrected chi connectivity index (χ4v) is 4.48. The van der Waals surface area contributed by atoms with Gasteiger partial charge in [-0.2, -0.15) is 0 Å². The van der Waals surface area contributed by atoms with Gasteiger partial charge < -0.3 is 86.8 Å². The van der Waals surface area contributed by atoms with E-state index in [2.05, 4.69) is 91.0 Å². The maximum absolute atomic E-state index is 2.23. The molecule has 0 aliphatic heterocycles. The van der Waals surface area contributed by atoms with Gasteiger partial charge in [-0.1, -0.05) is 91.0 Å². The third-order valence-corrected chi connectivity index (χ3v) is 5.49. The van der Waals surface area contributed by atoms with Crippen molar-refractivity contribution in [1.82, 2.24) is 0 Å². The second-order valence-electron chi connectivity index (χ2n) is 4.34. The molecular weight excluding hydrogens is 682 g/mol. The molecule has 0 saturated heterocycles. The molecule has 0 heterocycles. The number of rotatable bonds is 3. The smallest absolute Gasteiger partial charge is 0 e. The molecule has 0 atom stereocenters. The van der Waals surface area contributed by atoms with E-state index in [9.17, 15) is 0 Å². The first-order valence-electron chi connectivity index (χ1n) is 6.40. The molecule has 3 rings (SSSR count). The van der Waals surface area contributed by atoms with E-state index >= 15 is 0 Å². The molecule has 0 aromatic heterocycles. The van der Waals surface area contributed by atoms with Gasteiger partial charge in [0.1, 0.15) is 0 Å². The Morgan fingerprint density at radius 2 is 0.519 bits per heavy atom. The van der Waals surface area contributed by atoms with Crippen LogP contribution in [0.3, 0.4) is 0 Å². The van der Waals surface area contributed by atoms with Crippen LogP contribution < -0.4 is 103 Å². The summed E-state index contributed by atoms with van der Waals surface area (Å²) in [6.07, 6.45) is 0. The molecule has 0 fully saturated rings. The van der Waals surface area contributed by atoms with Crippen LogP contribution in [0, 0.1) is 0 Å². The normalized spacial score (nSPS) is 7.44. The SMILES string of the molecule is [Cl-].[Cl-].[Cl-].[Cl-].[Cl-].[Cl-].[Cl-].[Re].c1ccc(P(c2ccccc2)c2ccccc2)cc1. The summed E-state index contributed by atoms with van der Waals surface area (Å²) in [5, 5.41) is 4.19. The van der Waals surface area contributed by atoms with E-state index in [4.69, 9.17) is 0 Å². The van der Waals surface area contributed by atoms with Gasteiger partial charge in [-0.15, -0.1) is 0 Å². The molecule has 0 amide bonds. The zero-order valence-electron chi connectivity index (χ0n) is 13.6. The summed E-state index contributed by atoms with van der Waals surface area (Å²) in [6, 6.07) is 32.3. The van der Waals surface area contributed by atoms with Crippen LogP contribution in [0.4, 0.5) is 0 Å². The van der Waals surface area contributed by atoms with E-state index in [0.29, 0.717) is 0 Å². The Labute approximate surface area is 220 Å². The molecule has 0 saturated carbocycles. The summed E-state index contributed by atoms with van der Waals surface area (Å²) in [5.41, 5.74) is 0. The van der Waals surface area contributed by atoms with E-state index in [1.807, 2.05) is 0 Å². The molecule has 0 unspecified atom stereocenters. The van der Waals surface area contributed by atoms with Gasteiger partial charge in [-0.25, -0.2) is 0 Å². The number of halogens is 7. The van der Waals surface area contributed by atoms with Crippen LogP contribution in [0.25, 0.3) is 0 Å². The maximum Gasteiger partial charge on any atom is 0 e. The average molecular weight is 697 g/mol. The van der Waals surface area contributed by atoms with Crippen LogP contribution in [-0.2, 0) is 20.4 Å². The summed E-state index contributed by atoms with van der Waals surface area (Å²) in [6.45, 7) is 0. The van der Waals surface area contributed by atoms with Gasteiger partial charge in [0, 0.05) is 20.4 Å². The summed E-state index contributed by atoms with van der Waals surface area (Å²) in [5.74, 6) is 0. The zero-order chi connectivity index (χ0) is 12.9. The van der Waals surface area contributed by atoms with Gasteiger partial charge in [-0.05, 0) is 23.8 Å². The van der Waals surface area contributed by atoms with Crippen molar-refractivity contribution in [1.29, 1.82) is 0 Å². The van der Waals surface area contributed by atoms with Crippen molar-refractivity contribution in [3.05, 3.63) is 91.0 Å². The van der Waals surface area contributed by atoms with Gasteiger partial charge in [0.25, 0.3) is 0 Å². The molecule has 0 N–H and O–H groups in total. The Kier molecular flexibility index (Phi) is 35.9. The number of hydrogen-bond acceptors (Lipinski definition) is 0. The third kappa shape index (κ3) is 12.2. The molecule has 0 aliphatic rings. The van der Waals surface area contributed by atoms with Crippen LogP contribution >= 0.6 is 7.92 Å². The van der Waals surface area contributed by atoms with Gasteiger partial charge in [-0.3, -0.25) is 0 Å². The monoisotopic (exact) mass is 694 g/mol. The van der Waals surface area contributed by atoms with E-state index in [0.717, 1.165) is 0 Å². The van der Waals surface area contributed by atoms with Crippen LogP contribution in [-0.4, -0.2) is 0 Å². The predicted molar refractivity (Wildman–Crippen MR) is 85.1 cm³/mol. The van der Waals surface area contributed by atoms with Gasteiger partial charge >= 0.3 is 0 Å². The number of benzene rings is 3. The van der Waals surface area contributed by atoms with E-state index in [1.54, 1.807) is 0 Å². The minimum absolute atomic E-state index is 0. The fourth-order valence-electron chi connectivity index (χ4n) is 2.18. The summed E-state index contributed by atoms with van der Waals surface area (Å²) < 4.78 is 0. The largest absolute Gasteiger partial charge is 1.00 e. The molecule has 0 spiro atoms. The first-order valence-corrected chi connectivity index (χ1v) is 7.74. The molecule has 155 valence electrons. The maximum atomic E-state index is 2.23. The molecule has 3 aromatic carbocycles. The van der Waals surface area contributed by atoms with Crippen LogP contribution in [0.15, 0.2) is 91.0 Å². The quantitative estimate of drug-likeness (QED) is 0.239. The average Bonchev–Trinajstić information content (AvgIpc) is 2.51. The minimum atomic E-state index is -0.446. The van der Waals surface area contributed by atoms with Crippen molar-refractivity contribution in [3.8, 4) is 0 Å². The van der Waals surface area contributed by atoms with Gasteiger partial charge in [0.05, 0.1) is 0 Å². The van der Waals surface area contributed by atoms with Crippen LogP contribution in [0.1, 0.15) is 0 Å². The molecule has 3 aromatic rings. The topological polar surface area (TPSA) is 0 Å². The summed E-state index contributed by atoms with van der Waals surface area (Å²) in [7, 11) is -0.446. The van der Waals surface area contributed by atoms with E-state index < -0.39 is 7.92 Å². The Balaban J connectivity index is -0.000000138. The van der Waals surface area contributed by atoms with Gasteiger partial charge in [0.15, 0.2) is 0 Å². The fraction of sp³-hybridized carbons (Fsp3) is 0. The Morgan fingerprint density at radius 1 is 0.333 bits per heavy atom. The van der Waals surface area contributed by atoms with Crippen molar-refractivity contribution in [2.24, 2.45) is 0 Å². The first-order chi connectivity index (χ1) is 9.45. The Bertz CT molecular complexity index is 552. The molecule has 0 aliphatic carbocycles. The molecule has 27 heavy (non-hydrogen) atoms. The second-order valence-corrected chi connectivity index (χ2v) is 6.56. The number of hydrogen-bond donors (Lipinski definition) is 0. The van der Waals surface area contributed by atoms with Gasteiger partial charge in [0.2, 0.25) is 0 Å². The summed E-state index contributed by atoms with van der Waals surface area (Å²) in [4.78, 5) is 0. The standard InChI is InChI=1S/C18H15P.7ClH.Re/c1-4-10-16(11-5-1)19(17-12-6-2-7-13-17)18-14-8-3-9-15-18;;;;;;;;/h1-15H;7*1H;/p-7. The van der Waals surface area contributed by atoms with Crippen molar-refractivity contribution < 1.29 is 107 Å². The first kappa shape index (κ1) is 42.0. The third-order valence-electron chi connectivity index (χ3n) is 3.04. The zero-order valence-corrected chi connectivity index (χ0v) is 22.5. The van der Waals surface area contributed by atoms with Crippen molar-refractivity contribution in [3.63, 3.8) is 0 Å². The van der Waals surface area contributed by atoms with Crippen LogP contribution in [0.2, 0.25) is 0 Å².